The van der Waals surface area contributed by atoms with Gasteiger partial charge in [0.15, 0.2) is 4.77 Å². The molecule has 1 heterocycles. The van der Waals surface area contributed by atoms with Crippen molar-refractivity contribution in [2.45, 2.75) is 40.5 Å². The van der Waals surface area contributed by atoms with E-state index in [2.05, 4.69) is 5.16 Å². The van der Waals surface area contributed by atoms with E-state index < -0.39 is 28.9 Å². The zero-order valence-electron chi connectivity index (χ0n) is 19.9. The van der Waals surface area contributed by atoms with Crippen LogP contribution in [0.1, 0.15) is 36.7 Å². The van der Waals surface area contributed by atoms with E-state index in [1.807, 2.05) is 30.3 Å². The third-order valence-electron chi connectivity index (χ3n) is 5.14. The molecule has 0 saturated carbocycles. The Morgan fingerprint density at radius 3 is 2.28 bits per heavy atom. The number of oxime groups is 1. The van der Waals surface area contributed by atoms with Gasteiger partial charge in [0.25, 0.3) is 0 Å². The lowest BCUT2D eigenvalue weighted by Crippen LogP contribution is -2.45. The van der Waals surface area contributed by atoms with Crippen LogP contribution in [-0.4, -0.2) is 32.0 Å². The average Bonchev–Trinajstić information content (AvgIpc) is 2.85. The second-order valence-electron chi connectivity index (χ2n) is 7.62. The molecule has 0 unspecified atom stereocenters. The number of ether oxygens (including phenoxy) is 1. The Kier molecular flexibility index (Phi) is 8.94. The summed E-state index contributed by atoms with van der Waals surface area (Å²) in [4.78, 5) is 43.9. The maximum atomic E-state index is 14.9. The number of halogens is 2. The Morgan fingerprint density at radius 2 is 1.69 bits per heavy atom. The van der Waals surface area contributed by atoms with Gasteiger partial charge in [0.05, 0.1) is 22.0 Å². The number of benzene rings is 2. The molecule has 0 bridgehead atoms. The van der Waals surface area contributed by atoms with Gasteiger partial charge in [-0.05, 0) is 50.7 Å². The molecule has 36 heavy (non-hydrogen) atoms. The summed E-state index contributed by atoms with van der Waals surface area (Å²) >= 11 is 11.3. The van der Waals surface area contributed by atoms with E-state index in [0.29, 0.717) is 10.3 Å². The first-order valence-corrected chi connectivity index (χ1v) is 11.8. The van der Waals surface area contributed by atoms with Crippen molar-refractivity contribution in [1.29, 1.82) is 0 Å². The molecule has 0 atom stereocenters. The van der Waals surface area contributed by atoms with Crippen molar-refractivity contribution in [3.63, 3.8) is 0 Å². The number of hydrogen-bond acceptors (Lipinski definition) is 7. The average molecular weight is 535 g/mol. The summed E-state index contributed by atoms with van der Waals surface area (Å²) in [6.07, 6.45) is 0. The summed E-state index contributed by atoms with van der Waals surface area (Å²) in [6.45, 7) is 5.27. The zero-order valence-corrected chi connectivity index (χ0v) is 21.4. The fourth-order valence-corrected chi connectivity index (χ4v) is 3.95. The number of rotatable bonds is 9. The van der Waals surface area contributed by atoms with E-state index in [0.717, 1.165) is 26.8 Å². The number of aromatic nitrogens is 3. The van der Waals surface area contributed by atoms with Crippen LogP contribution >= 0.6 is 23.8 Å². The lowest BCUT2D eigenvalue weighted by Gasteiger charge is -2.15. The van der Waals surface area contributed by atoms with Crippen molar-refractivity contribution >= 4 is 35.5 Å². The highest BCUT2D eigenvalue weighted by Crippen LogP contribution is 2.23. The molecule has 0 saturated heterocycles. The van der Waals surface area contributed by atoms with Crippen LogP contribution in [0.2, 0.25) is 5.02 Å². The number of esters is 1. The third-order valence-corrected chi connectivity index (χ3v) is 5.90. The molecule has 0 aliphatic rings. The highest BCUT2D eigenvalue weighted by molar-refractivity contribution is 7.71. The van der Waals surface area contributed by atoms with Gasteiger partial charge in [-0.3, -0.25) is 9.13 Å². The molecule has 0 amide bonds. The van der Waals surface area contributed by atoms with Gasteiger partial charge in [-0.1, -0.05) is 47.1 Å². The summed E-state index contributed by atoms with van der Waals surface area (Å²) < 4.78 is 23.1. The molecule has 190 valence electrons. The molecule has 0 fully saturated rings. The first-order valence-electron chi connectivity index (χ1n) is 11.0. The van der Waals surface area contributed by atoms with Gasteiger partial charge in [-0.15, -0.1) is 0 Å². The van der Waals surface area contributed by atoms with Crippen molar-refractivity contribution in [2.24, 2.45) is 5.16 Å². The van der Waals surface area contributed by atoms with E-state index in [-0.39, 0.29) is 41.7 Å². The smallest absolute Gasteiger partial charge is 0.340 e. The summed E-state index contributed by atoms with van der Waals surface area (Å²) in [5, 5.41) is 3.65. The molecular formula is C24H24ClFN4O5S. The normalized spacial score (nSPS) is 11.4. The van der Waals surface area contributed by atoms with Crippen LogP contribution in [0.3, 0.4) is 0 Å². The molecule has 9 nitrogen and oxygen atoms in total. The number of nitrogens with zero attached hydrogens (tertiary/aromatic N) is 4. The molecule has 12 heteroatoms. The van der Waals surface area contributed by atoms with E-state index in [9.17, 15) is 18.8 Å². The highest BCUT2D eigenvalue weighted by Gasteiger charge is 2.21. The standard InChI is InChI=1S/C24H24ClFN4O5S/c1-4-28-22(32)30(23(33)29(5-2)24(28)36)20-11-17(18(25)12-19(20)26)21(31)34-13-15(3)27-35-14-16-9-7-6-8-10-16/h6-12H,4-5,13-14H2,1-3H3. The van der Waals surface area contributed by atoms with Crippen LogP contribution in [0.5, 0.6) is 0 Å². The van der Waals surface area contributed by atoms with Gasteiger partial charge in [-0.25, -0.2) is 23.3 Å². The van der Waals surface area contributed by atoms with Crippen LogP contribution in [0.4, 0.5) is 4.39 Å². The quantitative estimate of drug-likeness (QED) is 0.177. The van der Waals surface area contributed by atoms with Gasteiger partial charge in [0.1, 0.15) is 19.0 Å². The van der Waals surface area contributed by atoms with Gasteiger partial charge in [0.2, 0.25) is 0 Å². The Morgan fingerprint density at radius 1 is 1.08 bits per heavy atom. The van der Waals surface area contributed by atoms with Gasteiger partial charge < -0.3 is 9.57 Å². The van der Waals surface area contributed by atoms with Crippen LogP contribution in [0.25, 0.3) is 5.69 Å². The minimum absolute atomic E-state index is 0.0181. The van der Waals surface area contributed by atoms with E-state index in [1.165, 1.54) is 0 Å². The molecule has 0 aliphatic carbocycles. The van der Waals surface area contributed by atoms with Crippen LogP contribution in [0, 0.1) is 10.6 Å². The molecule has 0 spiro atoms. The summed E-state index contributed by atoms with van der Waals surface area (Å²) in [5.74, 6) is -1.86. The molecular weight excluding hydrogens is 511 g/mol. The van der Waals surface area contributed by atoms with Gasteiger partial charge in [0, 0.05) is 13.1 Å². The third kappa shape index (κ3) is 5.80. The lowest BCUT2D eigenvalue weighted by atomic mass is 10.2. The van der Waals surface area contributed by atoms with Crippen LogP contribution in [0.15, 0.2) is 57.2 Å². The predicted octanol–water partition coefficient (Wildman–Crippen LogP) is 4.11. The minimum Gasteiger partial charge on any atom is -0.456 e. The van der Waals surface area contributed by atoms with Crippen molar-refractivity contribution in [3.8, 4) is 5.69 Å². The molecule has 0 radical (unpaired) electrons. The first-order chi connectivity index (χ1) is 17.2. The van der Waals surface area contributed by atoms with Crippen molar-refractivity contribution in [1.82, 2.24) is 13.7 Å². The fourth-order valence-electron chi connectivity index (χ4n) is 3.31. The van der Waals surface area contributed by atoms with Gasteiger partial charge >= 0.3 is 17.3 Å². The molecule has 3 aromatic rings. The number of carbonyl (C=O) groups is 1. The van der Waals surface area contributed by atoms with E-state index in [1.54, 1.807) is 20.8 Å². The number of carbonyl (C=O) groups excluding carboxylic acids is 1. The Balaban J connectivity index is 1.87. The van der Waals surface area contributed by atoms with Crippen molar-refractivity contribution in [3.05, 3.63) is 90.2 Å². The molecule has 0 aliphatic heterocycles. The maximum absolute atomic E-state index is 14.9. The predicted molar refractivity (Wildman–Crippen MR) is 136 cm³/mol. The summed E-state index contributed by atoms with van der Waals surface area (Å²) in [6, 6.07) is 11.2. The second kappa shape index (κ2) is 11.9. The Hall–Kier alpha value is -3.57. The fraction of sp³-hybridized carbons (Fsp3) is 0.292. The molecule has 3 rings (SSSR count). The second-order valence-corrected chi connectivity index (χ2v) is 8.39. The Bertz CT molecular complexity index is 1440. The monoisotopic (exact) mass is 534 g/mol. The molecule has 2 aromatic carbocycles. The van der Waals surface area contributed by atoms with Crippen molar-refractivity contribution in [2.75, 3.05) is 6.61 Å². The zero-order chi connectivity index (χ0) is 26.4. The number of hydrogen-bond donors (Lipinski definition) is 0. The van der Waals surface area contributed by atoms with E-state index in [4.69, 9.17) is 33.4 Å². The lowest BCUT2D eigenvalue weighted by molar-refractivity contribution is 0.0555. The van der Waals surface area contributed by atoms with Gasteiger partial charge in [-0.2, -0.15) is 0 Å². The SMILES string of the molecule is CCn1c(=S)n(CC)c(=O)n(-c2cc(C(=O)OCC(C)=NOCc3ccccc3)c(Cl)cc2F)c1=O. The topological polar surface area (TPSA) is 96.8 Å². The first kappa shape index (κ1) is 27.0. The highest BCUT2D eigenvalue weighted by atomic mass is 35.5. The van der Waals surface area contributed by atoms with Crippen LogP contribution < -0.4 is 11.4 Å². The molecule has 0 N–H and O–H groups in total. The Labute approximate surface area is 216 Å². The van der Waals surface area contributed by atoms with E-state index >= 15 is 0 Å². The largest absolute Gasteiger partial charge is 0.456 e. The minimum atomic E-state index is -0.967. The molecule has 1 aromatic heterocycles. The summed E-state index contributed by atoms with van der Waals surface area (Å²) in [7, 11) is 0. The maximum Gasteiger partial charge on any atom is 0.340 e. The van der Waals surface area contributed by atoms with Crippen molar-refractivity contribution < 1.29 is 18.8 Å². The summed E-state index contributed by atoms with van der Waals surface area (Å²) in [5.41, 5.74) is -1.07. The van der Waals surface area contributed by atoms with Crippen LogP contribution in [-0.2, 0) is 29.3 Å².